The monoisotopic (exact) mass is 326 g/mol. The van der Waals surface area contributed by atoms with Crippen LogP contribution in [0.15, 0.2) is 24.3 Å². The number of hydrogen-bond donors (Lipinski definition) is 0. The fraction of sp³-hybridized carbons (Fsp3) is 0. The molecule has 82 valence electrons. The van der Waals surface area contributed by atoms with Crippen LogP contribution in [-0.2, 0) is 0 Å². The van der Waals surface area contributed by atoms with Crippen molar-refractivity contribution in [3.8, 4) is 9.75 Å². The SMILES string of the molecule is ClB(Cl)c1ccc(-c2ccc(B(Cl)Cl)s2)s1. The molecule has 0 N–H and O–H groups in total. The van der Waals surface area contributed by atoms with Crippen molar-refractivity contribution in [2.75, 3.05) is 0 Å². The molecule has 0 fully saturated rings. The molecule has 0 spiro atoms. The zero-order chi connectivity index (χ0) is 11.7. The Labute approximate surface area is 122 Å². The zero-order valence-electron chi connectivity index (χ0n) is 7.79. The minimum atomic E-state index is -0.466. The van der Waals surface area contributed by atoms with E-state index >= 15 is 0 Å². The Kier molecular flexibility index (Phi) is 4.56. The van der Waals surface area contributed by atoms with Gasteiger partial charge in [0, 0.05) is 19.3 Å². The highest BCUT2D eigenvalue weighted by Crippen LogP contribution is 2.28. The molecule has 0 nitrogen and oxygen atoms in total. The van der Waals surface area contributed by atoms with Gasteiger partial charge in [-0.2, -0.15) is 45.8 Å². The average molecular weight is 328 g/mol. The third-order valence-corrected chi connectivity index (χ3v) is 5.88. The molecule has 0 aliphatic carbocycles. The molecule has 0 saturated heterocycles. The molecule has 0 saturated carbocycles. The molecule has 0 aliphatic heterocycles. The van der Waals surface area contributed by atoms with Crippen molar-refractivity contribution in [1.29, 1.82) is 0 Å². The van der Waals surface area contributed by atoms with E-state index in [4.69, 9.17) is 45.8 Å². The maximum absolute atomic E-state index is 5.80. The molecule has 0 bridgehead atoms. The number of rotatable bonds is 3. The highest BCUT2D eigenvalue weighted by molar-refractivity contribution is 7.50. The Bertz CT molecular complexity index is 436. The lowest BCUT2D eigenvalue weighted by atomic mass is 10.1. The van der Waals surface area contributed by atoms with Crippen molar-refractivity contribution < 1.29 is 0 Å². The molecule has 2 rings (SSSR count). The van der Waals surface area contributed by atoms with E-state index in [0.717, 1.165) is 19.3 Å². The first-order chi connectivity index (χ1) is 7.58. The summed E-state index contributed by atoms with van der Waals surface area (Å²) in [5.74, 6) is 0. The van der Waals surface area contributed by atoms with Crippen LogP contribution in [0.25, 0.3) is 9.75 Å². The fourth-order valence-corrected chi connectivity index (χ4v) is 3.85. The van der Waals surface area contributed by atoms with Crippen molar-refractivity contribution in [3.63, 3.8) is 0 Å². The summed E-state index contributed by atoms with van der Waals surface area (Å²) in [7, 11) is 0. The van der Waals surface area contributed by atoms with Crippen molar-refractivity contribution in [2.24, 2.45) is 0 Å². The summed E-state index contributed by atoms with van der Waals surface area (Å²) < 4.78 is 1.89. The maximum atomic E-state index is 5.80. The number of hydrogen-bond acceptors (Lipinski definition) is 2. The Morgan fingerprint density at radius 3 is 1.31 bits per heavy atom. The van der Waals surface area contributed by atoms with Gasteiger partial charge in [0.05, 0.1) is 0 Å². The van der Waals surface area contributed by atoms with Gasteiger partial charge in [0.15, 0.2) is 0 Å². The normalized spacial score (nSPS) is 10.5. The molecule has 8 heteroatoms. The van der Waals surface area contributed by atoms with Crippen LogP contribution in [0.2, 0.25) is 0 Å². The minimum absolute atomic E-state index is 0.466. The van der Waals surface area contributed by atoms with E-state index in [9.17, 15) is 0 Å². The Morgan fingerprint density at radius 2 is 1.06 bits per heavy atom. The van der Waals surface area contributed by atoms with Gasteiger partial charge in [0.2, 0.25) is 0 Å². The lowest BCUT2D eigenvalue weighted by Crippen LogP contribution is -2.12. The van der Waals surface area contributed by atoms with Gasteiger partial charge in [0.25, 0.3) is 0 Å². The van der Waals surface area contributed by atoms with Gasteiger partial charge in [0.1, 0.15) is 0 Å². The molecule has 2 aromatic rings. The van der Waals surface area contributed by atoms with E-state index in [0.29, 0.717) is 0 Å². The summed E-state index contributed by atoms with van der Waals surface area (Å²) in [4.78, 5) is 2.26. The van der Waals surface area contributed by atoms with Crippen LogP contribution in [0, 0.1) is 0 Å². The Hall–Kier alpha value is 0.690. The highest BCUT2D eigenvalue weighted by Gasteiger charge is 2.16. The van der Waals surface area contributed by atoms with Gasteiger partial charge in [-0.25, -0.2) is 0 Å². The van der Waals surface area contributed by atoms with Gasteiger partial charge in [-0.3, -0.25) is 0 Å². The van der Waals surface area contributed by atoms with Crippen LogP contribution in [-0.4, -0.2) is 11.1 Å². The third kappa shape index (κ3) is 2.92. The first-order valence-corrected chi connectivity index (χ1v) is 7.72. The van der Waals surface area contributed by atoms with Crippen LogP contribution in [0.4, 0.5) is 0 Å². The number of thiophene rings is 2. The molecular weight excluding hydrogens is 324 g/mol. The standard InChI is InChI=1S/C8H4B2Cl4S2/c11-9(12)7-3-1-5(15-7)6-2-4-8(16-6)10(13)14/h1-4H. The van der Waals surface area contributed by atoms with Crippen molar-refractivity contribution in [3.05, 3.63) is 24.3 Å². The van der Waals surface area contributed by atoms with Crippen LogP contribution < -0.4 is 9.55 Å². The van der Waals surface area contributed by atoms with Crippen LogP contribution in [0.5, 0.6) is 0 Å². The van der Waals surface area contributed by atoms with Gasteiger partial charge < -0.3 is 0 Å². The van der Waals surface area contributed by atoms with E-state index in [1.165, 1.54) is 0 Å². The van der Waals surface area contributed by atoms with Crippen LogP contribution >= 0.6 is 68.5 Å². The molecule has 0 aromatic carbocycles. The third-order valence-electron chi connectivity index (χ3n) is 1.93. The zero-order valence-corrected chi connectivity index (χ0v) is 12.4. The van der Waals surface area contributed by atoms with E-state index < -0.39 is 11.1 Å². The molecule has 0 unspecified atom stereocenters. The molecule has 2 heterocycles. The molecule has 0 radical (unpaired) electrons. The van der Waals surface area contributed by atoms with Crippen molar-refractivity contribution in [2.45, 2.75) is 0 Å². The van der Waals surface area contributed by atoms with E-state index in [1.54, 1.807) is 22.7 Å². The largest absolute Gasteiger partial charge is 0.392 e. The first-order valence-electron chi connectivity index (χ1n) is 4.34. The van der Waals surface area contributed by atoms with Crippen molar-refractivity contribution in [1.82, 2.24) is 0 Å². The highest BCUT2D eigenvalue weighted by atomic mass is 35.5. The minimum Gasteiger partial charge on any atom is -0.164 e. The molecule has 0 amide bonds. The fourth-order valence-electron chi connectivity index (χ4n) is 1.21. The summed E-state index contributed by atoms with van der Waals surface area (Å²) in [5, 5.41) is 0. The lowest BCUT2D eigenvalue weighted by molar-refractivity contribution is 1.95. The quantitative estimate of drug-likeness (QED) is 0.752. The predicted molar refractivity (Wildman–Crippen MR) is 81.8 cm³/mol. The predicted octanol–water partition coefficient (Wildman–Crippen LogP) is 3.82. The summed E-state index contributed by atoms with van der Waals surface area (Å²) in [6, 6.07) is 7.88. The van der Waals surface area contributed by atoms with Gasteiger partial charge in [-0.05, 0) is 12.1 Å². The van der Waals surface area contributed by atoms with Gasteiger partial charge >= 0.3 is 11.1 Å². The van der Waals surface area contributed by atoms with Crippen LogP contribution in [0.1, 0.15) is 0 Å². The first kappa shape index (κ1) is 13.1. The topological polar surface area (TPSA) is 0 Å². The van der Waals surface area contributed by atoms with E-state index in [2.05, 4.69) is 0 Å². The van der Waals surface area contributed by atoms with Crippen LogP contribution in [0.3, 0.4) is 0 Å². The lowest BCUT2D eigenvalue weighted by Gasteiger charge is -1.91. The summed E-state index contributed by atoms with van der Waals surface area (Å²) in [6.45, 7) is 0. The second-order valence-electron chi connectivity index (χ2n) is 3.01. The molecule has 2 aromatic heterocycles. The average Bonchev–Trinajstić information content (AvgIpc) is 2.86. The van der Waals surface area contributed by atoms with Crippen molar-refractivity contribution >= 4 is 89.2 Å². The Balaban J connectivity index is 2.28. The molecular formula is C8H4B2Cl4S2. The summed E-state index contributed by atoms with van der Waals surface area (Å²) in [5.41, 5.74) is -0.932. The smallest absolute Gasteiger partial charge is 0.164 e. The van der Waals surface area contributed by atoms with Gasteiger partial charge in [-0.15, -0.1) is 22.7 Å². The van der Waals surface area contributed by atoms with E-state index in [1.807, 2.05) is 24.3 Å². The maximum Gasteiger partial charge on any atom is 0.392 e. The summed E-state index contributed by atoms with van der Waals surface area (Å²) >= 11 is 26.3. The second-order valence-corrected chi connectivity index (χ2v) is 7.43. The molecule has 0 atom stereocenters. The molecule has 0 aliphatic rings. The van der Waals surface area contributed by atoms with Gasteiger partial charge in [-0.1, -0.05) is 12.1 Å². The summed E-state index contributed by atoms with van der Waals surface area (Å²) in [6.07, 6.45) is 0. The molecule has 16 heavy (non-hydrogen) atoms. The number of halogens is 4. The van der Waals surface area contributed by atoms with E-state index in [-0.39, 0.29) is 0 Å². The Morgan fingerprint density at radius 1 is 0.688 bits per heavy atom. The second kappa shape index (κ2) is 5.55.